The summed E-state index contributed by atoms with van der Waals surface area (Å²) < 4.78 is 5.43. The number of nitrogens with zero attached hydrogens (tertiary/aromatic N) is 3. The van der Waals surface area contributed by atoms with Crippen LogP contribution in [0.1, 0.15) is 37.6 Å². The van der Waals surface area contributed by atoms with Gasteiger partial charge in [0.25, 0.3) is 5.91 Å². The third kappa shape index (κ3) is 6.06. The number of aromatic amines is 1. The van der Waals surface area contributed by atoms with E-state index < -0.39 is 5.60 Å². The van der Waals surface area contributed by atoms with Gasteiger partial charge in [0.1, 0.15) is 5.60 Å². The summed E-state index contributed by atoms with van der Waals surface area (Å²) in [6, 6.07) is 9.69. The fourth-order valence-corrected chi connectivity index (χ4v) is 3.36. The van der Waals surface area contributed by atoms with Crippen molar-refractivity contribution >= 4 is 12.0 Å². The maximum absolute atomic E-state index is 12.5. The van der Waals surface area contributed by atoms with Gasteiger partial charge in [-0.15, -0.1) is 0 Å². The largest absolute Gasteiger partial charge is 0.444 e. The Kier molecular flexibility index (Phi) is 7.10. The molecule has 1 aliphatic rings. The highest BCUT2D eigenvalue weighted by molar-refractivity contribution is 5.99. The molecule has 1 aromatic heterocycles. The molecule has 2 N–H and O–H groups in total. The molecule has 2 heterocycles. The van der Waals surface area contributed by atoms with Crippen LogP contribution in [-0.4, -0.2) is 76.9 Å². The van der Waals surface area contributed by atoms with Crippen molar-refractivity contribution in [3.05, 3.63) is 42.1 Å². The number of nitrogens with one attached hydrogen (secondary N) is 2. The normalized spacial score (nSPS) is 15.1. The van der Waals surface area contributed by atoms with E-state index in [1.54, 1.807) is 11.1 Å². The molecule has 2 aromatic rings. The lowest BCUT2D eigenvalue weighted by Crippen LogP contribution is -2.50. The first-order valence-electron chi connectivity index (χ1n) is 10.4. The number of amides is 2. The summed E-state index contributed by atoms with van der Waals surface area (Å²) in [6.07, 6.45) is 2.16. The highest BCUT2D eigenvalue weighted by Crippen LogP contribution is 2.20. The van der Waals surface area contributed by atoms with Crippen LogP contribution >= 0.6 is 0 Å². The highest BCUT2D eigenvalue weighted by Gasteiger charge is 2.25. The molecule has 3 rings (SSSR count). The van der Waals surface area contributed by atoms with Crippen LogP contribution in [0.25, 0.3) is 11.3 Å². The number of hydrogen-bond acceptors (Lipinski definition) is 5. The van der Waals surface area contributed by atoms with Gasteiger partial charge in [0.2, 0.25) is 0 Å². The first-order valence-corrected chi connectivity index (χ1v) is 10.4. The van der Waals surface area contributed by atoms with E-state index in [0.717, 1.165) is 37.3 Å². The molecule has 2 amide bonds. The van der Waals surface area contributed by atoms with Crippen molar-refractivity contribution in [1.82, 2.24) is 25.3 Å². The van der Waals surface area contributed by atoms with E-state index in [1.165, 1.54) is 0 Å². The van der Waals surface area contributed by atoms with Crippen LogP contribution in [0.4, 0.5) is 4.79 Å². The zero-order valence-corrected chi connectivity index (χ0v) is 18.0. The van der Waals surface area contributed by atoms with Gasteiger partial charge in [0, 0.05) is 38.3 Å². The van der Waals surface area contributed by atoms with E-state index in [-0.39, 0.29) is 12.0 Å². The minimum atomic E-state index is -0.470. The van der Waals surface area contributed by atoms with Crippen molar-refractivity contribution in [3.63, 3.8) is 0 Å². The van der Waals surface area contributed by atoms with Crippen LogP contribution in [0.5, 0.6) is 0 Å². The molecule has 0 bridgehead atoms. The number of benzene rings is 1. The monoisotopic (exact) mass is 413 g/mol. The van der Waals surface area contributed by atoms with Crippen molar-refractivity contribution in [2.45, 2.75) is 32.8 Å². The van der Waals surface area contributed by atoms with Crippen molar-refractivity contribution < 1.29 is 14.3 Å². The van der Waals surface area contributed by atoms with Gasteiger partial charge in [0.15, 0.2) is 0 Å². The molecule has 8 heteroatoms. The van der Waals surface area contributed by atoms with Crippen LogP contribution < -0.4 is 5.32 Å². The van der Waals surface area contributed by atoms with Crippen molar-refractivity contribution in [2.24, 2.45) is 0 Å². The van der Waals surface area contributed by atoms with Gasteiger partial charge >= 0.3 is 6.09 Å². The standard InChI is InChI=1S/C22H31N5O3/c1-22(2,3)30-21(29)27-14-12-26(13-15-27)11-7-10-23-20(28)18-16-24-25-19(18)17-8-5-4-6-9-17/h4-6,8-9,16H,7,10-15H2,1-3H3,(H,23,28)(H,24,25). The van der Waals surface area contributed by atoms with Crippen molar-refractivity contribution in [1.29, 1.82) is 0 Å². The Bertz CT molecular complexity index is 836. The molecular weight excluding hydrogens is 382 g/mol. The number of carbonyl (C=O) groups is 2. The third-order valence-electron chi connectivity index (χ3n) is 4.91. The Morgan fingerprint density at radius 2 is 1.83 bits per heavy atom. The summed E-state index contributed by atoms with van der Waals surface area (Å²) in [5.74, 6) is -0.127. The number of H-pyrrole nitrogens is 1. The van der Waals surface area contributed by atoms with Gasteiger partial charge in [-0.05, 0) is 33.7 Å². The molecule has 1 saturated heterocycles. The van der Waals surface area contributed by atoms with Crippen LogP contribution in [0.2, 0.25) is 0 Å². The molecule has 0 unspecified atom stereocenters. The zero-order valence-electron chi connectivity index (χ0n) is 18.0. The number of rotatable bonds is 6. The summed E-state index contributed by atoms with van der Waals surface area (Å²) >= 11 is 0. The quantitative estimate of drug-likeness (QED) is 0.711. The number of hydrogen-bond donors (Lipinski definition) is 2. The van der Waals surface area contributed by atoms with Gasteiger partial charge in [-0.3, -0.25) is 14.8 Å². The second-order valence-electron chi connectivity index (χ2n) is 8.44. The first kappa shape index (κ1) is 21.8. The summed E-state index contributed by atoms with van der Waals surface area (Å²) in [7, 11) is 0. The highest BCUT2D eigenvalue weighted by atomic mass is 16.6. The number of carbonyl (C=O) groups excluding carboxylic acids is 2. The lowest BCUT2D eigenvalue weighted by molar-refractivity contribution is 0.0144. The molecule has 0 saturated carbocycles. The van der Waals surface area contributed by atoms with Gasteiger partial charge in [-0.25, -0.2) is 4.79 Å². The third-order valence-corrected chi connectivity index (χ3v) is 4.91. The molecule has 8 nitrogen and oxygen atoms in total. The Morgan fingerprint density at radius 1 is 1.13 bits per heavy atom. The van der Waals surface area contributed by atoms with Crippen LogP contribution in [0.3, 0.4) is 0 Å². The lowest BCUT2D eigenvalue weighted by Gasteiger charge is -2.35. The first-order chi connectivity index (χ1) is 14.3. The van der Waals surface area contributed by atoms with E-state index >= 15 is 0 Å². The second kappa shape index (κ2) is 9.75. The molecule has 0 spiro atoms. The number of ether oxygens (including phenoxy) is 1. The average molecular weight is 414 g/mol. The van der Waals surface area contributed by atoms with E-state index in [4.69, 9.17) is 4.74 Å². The Hall–Kier alpha value is -2.87. The smallest absolute Gasteiger partial charge is 0.410 e. The van der Waals surface area contributed by atoms with Crippen molar-refractivity contribution in [2.75, 3.05) is 39.3 Å². The van der Waals surface area contributed by atoms with Crippen LogP contribution in [-0.2, 0) is 4.74 Å². The van der Waals surface area contributed by atoms with E-state index in [1.807, 2.05) is 51.1 Å². The fourth-order valence-electron chi connectivity index (χ4n) is 3.36. The van der Waals surface area contributed by atoms with Gasteiger partial charge in [-0.2, -0.15) is 5.10 Å². The minimum absolute atomic E-state index is 0.127. The summed E-state index contributed by atoms with van der Waals surface area (Å²) in [5.41, 5.74) is 1.74. The second-order valence-corrected chi connectivity index (χ2v) is 8.44. The topological polar surface area (TPSA) is 90.6 Å². The predicted molar refractivity (Wildman–Crippen MR) is 115 cm³/mol. The minimum Gasteiger partial charge on any atom is -0.444 e. The molecule has 1 aliphatic heterocycles. The molecule has 162 valence electrons. The fraction of sp³-hybridized carbons (Fsp3) is 0.500. The molecule has 0 radical (unpaired) electrons. The Balaban J connectivity index is 1.38. The summed E-state index contributed by atoms with van der Waals surface area (Å²) in [6.45, 7) is 10.0. The van der Waals surface area contributed by atoms with E-state index in [0.29, 0.717) is 25.2 Å². The molecule has 0 atom stereocenters. The number of piperazine rings is 1. The Morgan fingerprint density at radius 3 is 2.50 bits per heavy atom. The summed E-state index contributed by atoms with van der Waals surface area (Å²) in [4.78, 5) is 28.7. The summed E-state index contributed by atoms with van der Waals surface area (Å²) in [5, 5.41) is 9.92. The van der Waals surface area contributed by atoms with E-state index in [9.17, 15) is 9.59 Å². The maximum atomic E-state index is 12.5. The molecule has 1 fully saturated rings. The van der Waals surface area contributed by atoms with Crippen molar-refractivity contribution in [3.8, 4) is 11.3 Å². The number of aromatic nitrogens is 2. The lowest BCUT2D eigenvalue weighted by atomic mass is 10.1. The predicted octanol–water partition coefficient (Wildman–Crippen LogP) is 2.75. The maximum Gasteiger partial charge on any atom is 0.410 e. The van der Waals surface area contributed by atoms with Gasteiger partial charge in [-0.1, -0.05) is 30.3 Å². The Labute approximate surface area is 177 Å². The molecule has 0 aliphatic carbocycles. The molecular formula is C22H31N5O3. The van der Waals surface area contributed by atoms with Gasteiger partial charge in [0.05, 0.1) is 17.5 Å². The average Bonchev–Trinajstić information content (AvgIpc) is 3.21. The van der Waals surface area contributed by atoms with E-state index in [2.05, 4.69) is 20.4 Å². The SMILES string of the molecule is CC(C)(C)OC(=O)N1CCN(CCCNC(=O)c2cn[nH]c2-c2ccccc2)CC1. The molecule has 30 heavy (non-hydrogen) atoms. The molecule has 1 aromatic carbocycles. The van der Waals surface area contributed by atoms with Gasteiger partial charge < -0.3 is 15.0 Å². The van der Waals surface area contributed by atoms with Crippen LogP contribution in [0, 0.1) is 0 Å². The van der Waals surface area contributed by atoms with Crippen LogP contribution in [0.15, 0.2) is 36.5 Å². The zero-order chi connectivity index (χ0) is 21.6.